The van der Waals surface area contributed by atoms with Crippen LogP contribution in [0.2, 0.25) is 5.02 Å². The van der Waals surface area contributed by atoms with Gasteiger partial charge in [0, 0.05) is 15.7 Å². The number of benzene rings is 3. The van der Waals surface area contributed by atoms with E-state index in [1.807, 2.05) is 42.5 Å². The van der Waals surface area contributed by atoms with Crippen LogP contribution >= 0.6 is 23.2 Å². The third-order valence-electron chi connectivity index (χ3n) is 5.60. The van der Waals surface area contributed by atoms with E-state index in [0.717, 1.165) is 23.3 Å². The summed E-state index contributed by atoms with van der Waals surface area (Å²) in [5.74, 6) is -0.395. The maximum Gasteiger partial charge on any atom is 0.573 e. The molecule has 3 aromatic carbocycles. The number of anilines is 1. The van der Waals surface area contributed by atoms with Crippen molar-refractivity contribution in [3.8, 4) is 5.75 Å². The predicted octanol–water partition coefficient (Wildman–Crippen LogP) is 7.57. The largest absolute Gasteiger partial charge is 0.573 e. The topological polar surface area (TPSA) is 53.9 Å². The number of hydrogen-bond acceptors (Lipinski definition) is 3. The monoisotopic (exact) mass is 533 g/mol. The Bertz CT molecular complexity index is 1280. The SMILES string of the molecule is C=C(Cl)CC1(c2ccccc2)CN(C(=O)Nc2ccc(OC(F)(F)F)cc2)N=C1c1ccc(Cl)cc1. The van der Waals surface area contributed by atoms with Crippen molar-refractivity contribution in [1.82, 2.24) is 5.01 Å². The molecule has 3 aromatic rings. The standard InChI is InChI=1S/C26H20Cl2F3N3O2/c1-17(27)15-25(19-5-3-2-4-6-19)16-34(33-23(25)18-7-9-20(28)10-8-18)24(35)32-21-11-13-22(14-12-21)36-26(29,30)31/h2-14H,1,15-16H2,(H,32,35). The molecule has 10 heteroatoms. The third kappa shape index (κ3) is 5.83. The number of halogens is 5. The van der Waals surface area contributed by atoms with E-state index in [0.29, 0.717) is 22.2 Å². The van der Waals surface area contributed by atoms with Gasteiger partial charge in [-0.05, 0) is 53.9 Å². The number of alkyl halides is 3. The zero-order chi connectivity index (χ0) is 25.9. The van der Waals surface area contributed by atoms with Crippen LogP contribution in [0, 0.1) is 0 Å². The minimum Gasteiger partial charge on any atom is -0.406 e. The number of nitrogens with zero attached hydrogens (tertiary/aromatic N) is 2. The Morgan fingerprint density at radius 2 is 1.69 bits per heavy atom. The van der Waals surface area contributed by atoms with Crippen LogP contribution in [0.1, 0.15) is 17.5 Å². The quantitative estimate of drug-likeness (QED) is 0.355. The molecular weight excluding hydrogens is 514 g/mol. The van der Waals surface area contributed by atoms with Crippen molar-refractivity contribution in [2.45, 2.75) is 18.2 Å². The Morgan fingerprint density at radius 1 is 1.06 bits per heavy atom. The summed E-state index contributed by atoms with van der Waals surface area (Å²) in [6, 6.07) is 20.9. The molecule has 5 nitrogen and oxygen atoms in total. The summed E-state index contributed by atoms with van der Waals surface area (Å²) in [6.07, 6.45) is -4.49. The maximum absolute atomic E-state index is 13.2. The number of carbonyl (C=O) groups is 1. The summed E-state index contributed by atoms with van der Waals surface area (Å²) >= 11 is 12.4. The van der Waals surface area contributed by atoms with Gasteiger partial charge in [-0.15, -0.1) is 13.2 Å². The lowest BCUT2D eigenvalue weighted by Gasteiger charge is -2.31. The minimum absolute atomic E-state index is 0.155. The van der Waals surface area contributed by atoms with E-state index in [4.69, 9.17) is 23.2 Å². The van der Waals surface area contributed by atoms with Crippen LogP contribution in [0.25, 0.3) is 0 Å². The van der Waals surface area contributed by atoms with Crippen LogP contribution in [0.3, 0.4) is 0 Å². The molecule has 0 spiro atoms. The van der Waals surface area contributed by atoms with E-state index >= 15 is 0 Å². The van der Waals surface area contributed by atoms with Gasteiger partial charge in [0.25, 0.3) is 0 Å². The molecule has 1 unspecified atom stereocenters. The van der Waals surface area contributed by atoms with Crippen LogP contribution in [-0.2, 0) is 5.41 Å². The van der Waals surface area contributed by atoms with E-state index in [-0.39, 0.29) is 12.2 Å². The predicted molar refractivity (Wildman–Crippen MR) is 135 cm³/mol. The molecule has 1 aliphatic rings. The lowest BCUT2D eigenvalue weighted by atomic mass is 9.72. The lowest BCUT2D eigenvalue weighted by Crippen LogP contribution is -2.41. The summed E-state index contributed by atoms with van der Waals surface area (Å²) in [4.78, 5) is 13.2. The zero-order valence-electron chi connectivity index (χ0n) is 18.7. The Kier molecular flexibility index (Phi) is 7.28. The minimum atomic E-state index is -4.81. The summed E-state index contributed by atoms with van der Waals surface area (Å²) in [7, 11) is 0. The fraction of sp³-hybridized carbons (Fsp3) is 0.154. The number of hydrogen-bond donors (Lipinski definition) is 1. The molecule has 0 aliphatic carbocycles. The first-order valence-electron chi connectivity index (χ1n) is 10.7. The molecule has 1 atom stereocenters. The normalized spacial score (nSPS) is 17.5. The number of urea groups is 1. The van der Waals surface area contributed by atoms with Crippen LogP contribution in [0.15, 0.2) is 95.6 Å². The molecule has 186 valence electrons. The average molecular weight is 534 g/mol. The smallest absolute Gasteiger partial charge is 0.406 e. The van der Waals surface area contributed by atoms with Gasteiger partial charge in [0.2, 0.25) is 0 Å². The number of allylic oxidation sites excluding steroid dienone is 1. The molecule has 1 N–H and O–H groups in total. The van der Waals surface area contributed by atoms with E-state index in [1.165, 1.54) is 17.1 Å². The molecule has 0 saturated carbocycles. The first-order chi connectivity index (χ1) is 17.1. The highest BCUT2D eigenvalue weighted by Crippen LogP contribution is 2.41. The van der Waals surface area contributed by atoms with Gasteiger partial charge in [0.15, 0.2) is 0 Å². The van der Waals surface area contributed by atoms with Gasteiger partial charge in [-0.1, -0.05) is 72.2 Å². The van der Waals surface area contributed by atoms with Crippen molar-refractivity contribution in [3.05, 3.63) is 107 Å². The van der Waals surface area contributed by atoms with Crippen molar-refractivity contribution >= 4 is 40.6 Å². The molecule has 36 heavy (non-hydrogen) atoms. The van der Waals surface area contributed by atoms with Gasteiger partial charge in [-0.25, -0.2) is 9.80 Å². The van der Waals surface area contributed by atoms with E-state index in [2.05, 4.69) is 21.7 Å². The van der Waals surface area contributed by atoms with E-state index in [9.17, 15) is 18.0 Å². The molecule has 0 saturated heterocycles. The fourth-order valence-corrected chi connectivity index (χ4v) is 4.48. The summed E-state index contributed by atoms with van der Waals surface area (Å²) in [5, 5.41) is 9.54. The number of carbonyl (C=O) groups excluding carboxylic acids is 1. The van der Waals surface area contributed by atoms with Crippen molar-refractivity contribution in [3.63, 3.8) is 0 Å². The molecule has 1 aliphatic heterocycles. The summed E-state index contributed by atoms with van der Waals surface area (Å²) < 4.78 is 41.1. The van der Waals surface area contributed by atoms with Crippen molar-refractivity contribution < 1.29 is 22.7 Å². The molecule has 1 heterocycles. The van der Waals surface area contributed by atoms with Crippen molar-refractivity contribution in [2.24, 2.45) is 5.10 Å². The number of amides is 2. The molecule has 0 bridgehead atoms. The number of rotatable bonds is 6. The van der Waals surface area contributed by atoms with E-state index < -0.39 is 23.6 Å². The first-order valence-corrected chi connectivity index (χ1v) is 11.5. The lowest BCUT2D eigenvalue weighted by molar-refractivity contribution is -0.274. The fourth-order valence-electron chi connectivity index (χ4n) is 4.12. The van der Waals surface area contributed by atoms with Crippen LogP contribution < -0.4 is 10.1 Å². The van der Waals surface area contributed by atoms with Crippen LogP contribution in [0.4, 0.5) is 23.7 Å². The van der Waals surface area contributed by atoms with Gasteiger partial charge in [-0.2, -0.15) is 5.10 Å². The molecule has 0 aromatic heterocycles. The molecule has 0 radical (unpaired) electrons. The zero-order valence-corrected chi connectivity index (χ0v) is 20.2. The van der Waals surface area contributed by atoms with Crippen LogP contribution in [0.5, 0.6) is 5.75 Å². The van der Waals surface area contributed by atoms with Crippen molar-refractivity contribution in [2.75, 3.05) is 11.9 Å². The summed E-state index contributed by atoms with van der Waals surface area (Å²) in [6.45, 7) is 4.04. The summed E-state index contributed by atoms with van der Waals surface area (Å²) in [5.41, 5.74) is 1.73. The molecule has 2 amide bonds. The van der Waals surface area contributed by atoms with E-state index in [1.54, 1.807) is 12.1 Å². The number of nitrogens with one attached hydrogen (secondary N) is 1. The Hall–Kier alpha value is -3.49. The highest BCUT2D eigenvalue weighted by molar-refractivity contribution is 6.31. The van der Waals surface area contributed by atoms with Gasteiger partial charge in [0.05, 0.1) is 17.7 Å². The number of hydrazone groups is 1. The van der Waals surface area contributed by atoms with Gasteiger partial charge >= 0.3 is 12.4 Å². The average Bonchev–Trinajstić information content (AvgIpc) is 3.20. The Balaban J connectivity index is 1.67. The molecule has 4 rings (SSSR count). The van der Waals surface area contributed by atoms with Gasteiger partial charge in [-0.3, -0.25) is 0 Å². The van der Waals surface area contributed by atoms with Crippen LogP contribution in [-0.4, -0.2) is 29.7 Å². The first kappa shape index (κ1) is 25.6. The second-order valence-corrected chi connectivity index (χ2v) is 9.13. The second kappa shape index (κ2) is 10.2. The Labute approximate surface area is 215 Å². The highest BCUT2D eigenvalue weighted by atomic mass is 35.5. The maximum atomic E-state index is 13.2. The van der Waals surface area contributed by atoms with Gasteiger partial charge < -0.3 is 10.1 Å². The van der Waals surface area contributed by atoms with Gasteiger partial charge in [0.1, 0.15) is 5.75 Å². The Morgan fingerprint density at radius 3 is 2.28 bits per heavy atom. The third-order valence-corrected chi connectivity index (χ3v) is 5.99. The second-order valence-electron chi connectivity index (χ2n) is 8.16. The highest BCUT2D eigenvalue weighted by Gasteiger charge is 2.46. The molecular formula is C26H20Cl2F3N3O2. The number of ether oxygens (including phenoxy) is 1. The molecule has 0 fully saturated rings. The van der Waals surface area contributed by atoms with Crippen molar-refractivity contribution in [1.29, 1.82) is 0 Å².